The van der Waals surface area contributed by atoms with Crippen molar-refractivity contribution in [3.05, 3.63) is 277 Å². The van der Waals surface area contributed by atoms with Gasteiger partial charge in [0, 0.05) is 94.4 Å². The molecule has 4 aliphatic carbocycles. The number of hydrogen-bond acceptors (Lipinski definition) is 9. The zero-order valence-electron chi connectivity index (χ0n) is 55.1. The van der Waals surface area contributed by atoms with Crippen LogP contribution in [-0.2, 0) is 43.7 Å². The van der Waals surface area contributed by atoms with E-state index in [9.17, 15) is 0 Å². The molecule has 94 heavy (non-hydrogen) atoms. The first kappa shape index (κ1) is 65.5. The van der Waals surface area contributed by atoms with Gasteiger partial charge in [0.2, 0.25) is 0 Å². The van der Waals surface area contributed by atoms with Crippen LogP contribution in [0, 0.1) is 18.3 Å². The Bertz CT molecular complexity index is 4220. The molecular formula is C80H83N12OsP-2. The number of nitrogens with one attached hydrogen (secondary N) is 2. The number of H-pyrrole nitrogens is 1. The molecule has 4 atom stereocenters. The minimum atomic E-state index is -0.545. The Morgan fingerprint density at radius 3 is 1.64 bits per heavy atom. The van der Waals surface area contributed by atoms with Crippen LogP contribution in [0.3, 0.4) is 0 Å². The molecule has 478 valence electrons. The third-order valence-electron chi connectivity index (χ3n) is 21.3. The van der Waals surface area contributed by atoms with Crippen LogP contribution in [0.4, 0.5) is 23.0 Å². The van der Waals surface area contributed by atoms with Crippen LogP contribution in [-0.4, -0.2) is 55.2 Å². The molecule has 2 fully saturated rings. The number of fused-ring (bicyclic) bond motifs is 12. The number of nitrogens with zero attached hydrogens (tertiary/aromatic N) is 10. The number of rotatable bonds is 16. The van der Waals surface area contributed by atoms with E-state index in [1.165, 1.54) is 58.8 Å². The van der Waals surface area contributed by atoms with E-state index >= 15 is 0 Å². The van der Waals surface area contributed by atoms with Crippen molar-refractivity contribution in [1.29, 1.82) is 0 Å². The fraction of sp³-hybridized carbons (Fsp3) is 0.263. The van der Waals surface area contributed by atoms with Crippen LogP contribution >= 0.6 is 7.92 Å². The molecule has 4 aliphatic rings. The Hall–Kier alpha value is -8.55. The first-order valence-corrected chi connectivity index (χ1v) is 34.5. The van der Waals surface area contributed by atoms with Gasteiger partial charge in [0.05, 0.1) is 43.3 Å². The fourth-order valence-electron chi connectivity index (χ4n) is 15.3. The van der Waals surface area contributed by atoms with Crippen molar-refractivity contribution in [2.24, 2.45) is 10.8 Å². The molecule has 0 saturated heterocycles. The van der Waals surface area contributed by atoms with Crippen LogP contribution in [0.25, 0.3) is 49.6 Å². The molecule has 6 aromatic carbocycles. The van der Waals surface area contributed by atoms with Crippen molar-refractivity contribution in [1.82, 2.24) is 45.6 Å². The van der Waals surface area contributed by atoms with Crippen LogP contribution in [0.1, 0.15) is 113 Å². The molecule has 4 unspecified atom stereocenters. The smallest absolute Gasteiger partial charge is 0.135 e. The van der Waals surface area contributed by atoms with E-state index in [0.29, 0.717) is 38.3 Å². The van der Waals surface area contributed by atoms with Gasteiger partial charge in [-0.3, -0.25) is 20.4 Å². The number of aromatic nitrogens is 8. The average Bonchev–Trinajstić information content (AvgIpc) is 1.53. The van der Waals surface area contributed by atoms with Crippen LogP contribution < -0.4 is 30.8 Å². The second-order valence-corrected chi connectivity index (χ2v) is 29.1. The number of hydrogen-bond donors (Lipinski definition) is 2. The third kappa shape index (κ3) is 12.0. The number of benzene rings is 6. The van der Waals surface area contributed by atoms with Gasteiger partial charge in [0.15, 0.2) is 0 Å². The largest absolute Gasteiger partial charge is 0.640 e. The van der Waals surface area contributed by atoms with Crippen molar-refractivity contribution < 1.29 is 19.8 Å². The minimum Gasteiger partial charge on any atom is -0.640 e. The monoisotopic (exact) mass is 1430 g/mol. The first-order valence-electron chi connectivity index (χ1n) is 32.5. The zero-order chi connectivity index (χ0) is 63.0. The molecule has 2 saturated carbocycles. The first-order chi connectivity index (χ1) is 44.8. The molecule has 0 spiro atoms. The summed E-state index contributed by atoms with van der Waals surface area (Å²) in [5, 5.41) is 34.0. The van der Waals surface area contributed by atoms with E-state index in [2.05, 4.69) is 248 Å². The van der Waals surface area contributed by atoms with Gasteiger partial charge in [-0.25, -0.2) is 9.97 Å². The molecule has 6 heterocycles. The molecule has 12 aromatic rings. The molecule has 16 rings (SSSR count). The third-order valence-corrected chi connectivity index (χ3v) is 23.7. The van der Waals surface area contributed by atoms with Crippen molar-refractivity contribution in [2.75, 3.05) is 29.8 Å². The Morgan fingerprint density at radius 2 is 1.04 bits per heavy atom. The number of pyridine rings is 4. The second-order valence-electron chi connectivity index (χ2n) is 26.7. The summed E-state index contributed by atoms with van der Waals surface area (Å²) in [7, 11) is -0.545. The van der Waals surface area contributed by atoms with Crippen molar-refractivity contribution in [3.63, 3.8) is 0 Å². The van der Waals surface area contributed by atoms with Gasteiger partial charge < -0.3 is 32.7 Å². The SMILES string of the molecule is CC12CCC(c3c(-c4nc(N(CNCc5ccccn5)c5ccccc5)cc5ccccc45)n[nH]c31)C2(C)C.CC12CCC(c3c1n[n-]c3-c1nc(N(C[N-]Cc3ccccn3)c3ccccc3)cc3ccccc13)C2(C)C.C[PH+](c1ccccc1)c1ccccc1.[CH3-].[Os]. The molecule has 2 N–H and O–H groups in total. The van der Waals surface area contributed by atoms with Crippen molar-refractivity contribution in [2.45, 2.75) is 103 Å². The van der Waals surface area contributed by atoms with Gasteiger partial charge in [-0.05, 0) is 150 Å². The van der Waals surface area contributed by atoms with Crippen LogP contribution in [0.15, 0.2) is 231 Å². The number of aromatic amines is 1. The topological polar surface area (TPSA) is 140 Å². The summed E-state index contributed by atoms with van der Waals surface area (Å²) in [5.74, 6) is 2.69. The standard InChI is InChI=1S/C33H34N6.C33H32N6.C13H13P.CH3.Os/c2*1-32(2)26-16-17-33(32,3)31-28(26)30(37-38-31)29-25-15-8-7-11-22(25)19-27(36-29)39(24-13-5-4-6-14-24)21-34-20-23-12-9-10-18-35-23;1-14(12-8-4-2-5-9-12)13-10-6-3-7-11-13;;/h4-15,18-19,26,34H,16-17,20-21H2,1-3H3,(H,37,38);4-15,18-19,26H,16-17,20-21H2,1-3H3;2-11H,1H3;1H3;/q;-2;;-1;/p+1. The predicted molar refractivity (Wildman–Crippen MR) is 386 cm³/mol. The second kappa shape index (κ2) is 27.4. The minimum absolute atomic E-state index is 0. The van der Waals surface area contributed by atoms with E-state index in [1.807, 2.05) is 60.9 Å². The van der Waals surface area contributed by atoms with Crippen molar-refractivity contribution >= 4 is 63.1 Å². The maximum Gasteiger partial charge on any atom is 0.135 e. The van der Waals surface area contributed by atoms with Crippen LogP contribution in [0.2, 0.25) is 0 Å². The normalized spacial score (nSPS) is 18.9. The average molecular weight is 1430 g/mol. The van der Waals surface area contributed by atoms with E-state index in [4.69, 9.17) is 30.6 Å². The number of anilines is 4. The molecule has 4 bridgehead atoms. The van der Waals surface area contributed by atoms with Gasteiger partial charge >= 0.3 is 0 Å². The predicted octanol–water partition coefficient (Wildman–Crippen LogP) is 17.5. The Balaban J connectivity index is 0.000000147. The Labute approximate surface area is 568 Å². The maximum atomic E-state index is 5.37. The van der Waals surface area contributed by atoms with E-state index in [0.717, 1.165) is 78.7 Å². The van der Waals surface area contributed by atoms with Gasteiger partial charge in [-0.15, -0.1) is 6.54 Å². The summed E-state index contributed by atoms with van der Waals surface area (Å²) < 4.78 is 0. The molecule has 0 radical (unpaired) electrons. The fourth-order valence-corrected chi connectivity index (χ4v) is 17.0. The Kier molecular flexibility index (Phi) is 19.1. The van der Waals surface area contributed by atoms with Gasteiger partial charge in [-0.2, -0.15) is 5.10 Å². The van der Waals surface area contributed by atoms with E-state index < -0.39 is 7.92 Å². The van der Waals surface area contributed by atoms with Crippen LogP contribution in [0.5, 0.6) is 0 Å². The summed E-state index contributed by atoms with van der Waals surface area (Å²) in [6.07, 6.45) is 8.40. The quantitative estimate of drug-likeness (QED) is 0.0546. The van der Waals surface area contributed by atoms with Gasteiger partial charge in [0.1, 0.15) is 23.0 Å². The van der Waals surface area contributed by atoms with E-state index in [-0.39, 0.29) is 48.9 Å². The zero-order valence-corrected chi connectivity index (χ0v) is 58.6. The number of para-hydroxylation sites is 2. The van der Waals surface area contributed by atoms with E-state index in [1.54, 1.807) is 0 Å². The molecule has 0 aliphatic heterocycles. The van der Waals surface area contributed by atoms with Gasteiger partial charge in [-0.1, -0.05) is 187 Å². The van der Waals surface area contributed by atoms with Crippen molar-refractivity contribution in [3.8, 4) is 22.8 Å². The summed E-state index contributed by atoms with van der Waals surface area (Å²) in [5.41, 5.74) is 13.6. The molecule has 0 amide bonds. The Morgan fingerprint density at radius 1 is 0.553 bits per heavy atom. The summed E-state index contributed by atoms with van der Waals surface area (Å²) in [6, 6.07) is 75.6. The molecular weight excluding hydrogens is 1350 g/mol. The molecule has 6 aromatic heterocycles. The molecule has 14 heteroatoms. The summed E-state index contributed by atoms with van der Waals surface area (Å²) in [4.78, 5) is 24.0. The van der Waals surface area contributed by atoms with Gasteiger partial charge in [0.25, 0.3) is 0 Å². The summed E-state index contributed by atoms with van der Waals surface area (Å²) in [6.45, 7) is 19.1. The maximum absolute atomic E-state index is 5.37. The molecule has 12 nitrogen and oxygen atoms in total. The summed E-state index contributed by atoms with van der Waals surface area (Å²) >= 11 is 0.